The molecule has 34 heavy (non-hydrogen) atoms. The number of likely N-dealkylation sites (N-methyl/N-ethyl adjacent to an activating group) is 1. The molecular weight excluding hydrogens is 424 g/mol. The normalized spacial score (nSPS) is 15.9. The highest BCUT2D eigenvalue weighted by atomic mass is 16.5. The molecule has 0 fully saturated rings. The van der Waals surface area contributed by atoms with Crippen LogP contribution in [0.2, 0.25) is 0 Å². The molecule has 3 aromatic rings. The minimum Gasteiger partial charge on any atom is -0.481 e. The average Bonchev–Trinajstić information content (AvgIpc) is 2.90. The number of fused-ring (bicyclic) bond motifs is 1. The molecule has 2 atom stereocenters. The molecule has 3 aromatic carbocycles. The van der Waals surface area contributed by atoms with Crippen molar-refractivity contribution in [2.24, 2.45) is 0 Å². The van der Waals surface area contributed by atoms with Crippen LogP contribution in [0, 0.1) is 0 Å². The van der Waals surface area contributed by atoms with E-state index >= 15 is 0 Å². The van der Waals surface area contributed by atoms with Crippen molar-refractivity contribution in [1.82, 2.24) is 9.80 Å². The van der Waals surface area contributed by atoms with Gasteiger partial charge in [-0.1, -0.05) is 61.5 Å². The fourth-order valence-electron chi connectivity index (χ4n) is 4.50. The first-order valence-electron chi connectivity index (χ1n) is 12.0. The van der Waals surface area contributed by atoms with E-state index in [2.05, 4.69) is 18.2 Å². The molecule has 1 aliphatic rings. The summed E-state index contributed by atoms with van der Waals surface area (Å²) in [5.74, 6) is 0.638. The Morgan fingerprint density at radius 1 is 1.00 bits per heavy atom. The third-order valence-electron chi connectivity index (χ3n) is 6.52. The molecule has 1 aliphatic heterocycles. The summed E-state index contributed by atoms with van der Waals surface area (Å²) in [6.45, 7) is 5.18. The van der Waals surface area contributed by atoms with E-state index in [-0.39, 0.29) is 17.9 Å². The highest BCUT2D eigenvalue weighted by molar-refractivity contribution is 5.95. The Labute approximate surface area is 202 Å². The zero-order valence-electron chi connectivity index (χ0n) is 20.1. The number of benzene rings is 3. The fraction of sp³-hybridized carbons (Fsp3) is 0.310. The Morgan fingerprint density at radius 2 is 1.68 bits per heavy atom. The van der Waals surface area contributed by atoms with E-state index in [1.54, 1.807) is 11.9 Å². The second-order valence-electron chi connectivity index (χ2n) is 8.66. The van der Waals surface area contributed by atoms with Crippen molar-refractivity contribution in [1.29, 1.82) is 0 Å². The first-order chi connectivity index (χ1) is 16.5. The van der Waals surface area contributed by atoms with Crippen LogP contribution in [-0.4, -0.2) is 47.9 Å². The van der Waals surface area contributed by atoms with Crippen LogP contribution >= 0.6 is 0 Å². The van der Waals surface area contributed by atoms with Crippen LogP contribution < -0.4 is 4.74 Å². The van der Waals surface area contributed by atoms with Gasteiger partial charge in [0.25, 0.3) is 11.8 Å². The fourth-order valence-corrected chi connectivity index (χ4v) is 4.50. The van der Waals surface area contributed by atoms with Gasteiger partial charge in [0, 0.05) is 25.7 Å². The Kier molecular flexibility index (Phi) is 7.31. The molecule has 1 heterocycles. The largest absolute Gasteiger partial charge is 0.481 e. The van der Waals surface area contributed by atoms with Crippen molar-refractivity contribution >= 4 is 11.8 Å². The van der Waals surface area contributed by atoms with E-state index in [9.17, 15) is 9.59 Å². The van der Waals surface area contributed by atoms with Crippen molar-refractivity contribution in [3.63, 3.8) is 0 Å². The summed E-state index contributed by atoms with van der Waals surface area (Å²) in [6, 6.07) is 25.3. The molecule has 176 valence electrons. The Hall–Kier alpha value is -3.60. The monoisotopic (exact) mass is 456 g/mol. The van der Waals surface area contributed by atoms with Gasteiger partial charge in [-0.25, -0.2) is 0 Å². The summed E-state index contributed by atoms with van der Waals surface area (Å²) in [5, 5.41) is 0. The van der Waals surface area contributed by atoms with E-state index in [4.69, 9.17) is 4.74 Å². The Morgan fingerprint density at radius 3 is 2.32 bits per heavy atom. The van der Waals surface area contributed by atoms with E-state index in [0.717, 1.165) is 17.5 Å². The van der Waals surface area contributed by atoms with E-state index < -0.39 is 6.10 Å². The number of hydrogen-bond donors (Lipinski definition) is 0. The first kappa shape index (κ1) is 23.6. The molecule has 0 saturated carbocycles. The predicted octanol–water partition coefficient (Wildman–Crippen LogP) is 5.11. The lowest BCUT2D eigenvalue weighted by Gasteiger charge is -2.38. The third-order valence-corrected chi connectivity index (χ3v) is 6.52. The summed E-state index contributed by atoms with van der Waals surface area (Å²) in [7, 11) is 1.79. The van der Waals surface area contributed by atoms with Gasteiger partial charge in [-0.05, 0) is 60.7 Å². The van der Waals surface area contributed by atoms with Gasteiger partial charge >= 0.3 is 0 Å². The summed E-state index contributed by atoms with van der Waals surface area (Å²) < 4.78 is 6.18. The van der Waals surface area contributed by atoms with E-state index in [0.29, 0.717) is 30.8 Å². The molecule has 0 spiro atoms. The quantitative estimate of drug-likeness (QED) is 0.496. The van der Waals surface area contributed by atoms with Gasteiger partial charge in [0.15, 0.2) is 6.10 Å². The number of hydrogen-bond acceptors (Lipinski definition) is 3. The summed E-state index contributed by atoms with van der Waals surface area (Å²) in [5.41, 5.74) is 3.98. The minimum absolute atomic E-state index is 0.0117. The van der Waals surface area contributed by atoms with E-state index in [1.807, 2.05) is 79.4 Å². The van der Waals surface area contributed by atoms with Crippen LogP contribution in [0.4, 0.5) is 0 Å². The van der Waals surface area contributed by atoms with E-state index in [1.165, 1.54) is 5.56 Å². The van der Waals surface area contributed by atoms with Gasteiger partial charge in [0.1, 0.15) is 5.75 Å². The van der Waals surface area contributed by atoms with Crippen LogP contribution in [-0.2, 0) is 11.2 Å². The van der Waals surface area contributed by atoms with Gasteiger partial charge in [0.2, 0.25) is 0 Å². The second-order valence-corrected chi connectivity index (χ2v) is 8.66. The highest BCUT2D eigenvalue weighted by Crippen LogP contribution is 2.38. The molecule has 5 heteroatoms. The topological polar surface area (TPSA) is 49.9 Å². The average molecular weight is 457 g/mol. The smallest absolute Gasteiger partial charge is 0.263 e. The first-order valence-corrected chi connectivity index (χ1v) is 12.0. The molecule has 0 radical (unpaired) electrons. The maximum Gasteiger partial charge on any atom is 0.263 e. The number of amides is 2. The van der Waals surface area contributed by atoms with Crippen LogP contribution in [0.5, 0.6) is 5.75 Å². The lowest BCUT2D eigenvalue weighted by atomic mass is 9.87. The molecule has 0 aliphatic carbocycles. The maximum absolute atomic E-state index is 13.5. The summed E-state index contributed by atoms with van der Waals surface area (Å²) in [6.07, 6.45) is 0.816. The minimum atomic E-state index is -0.538. The molecule has 0 aromatic heterocycles. The second kappa shape index (κ2) is 10.6. The van der Waals surface area contributed by atoms with Crippen molar-refractivity contribution in [3.05, 3.63) is 101 Å². The standard InChI is InChI=1S/C29H32N2O3/c1-4-26(29(33)30(3)5-2)34-24-17-16-21-18-19-31(28(32)23-14-10-7-11-15-23)27(25(21)20-24)22-12-8-6-9-13-22/h6-17,20,26-27H,4-5,18-19H2,1-3H3. The Balaban J connectivity index is 1.72. The number of ether oxygens (including phenoxy) is 1. The maximum atomic E-state index is 13.5. The van der Waals surface area contributed by atoms with Gasteiger partial charge in [-0.15, -0.1) is 0 Å². The molecule has 2 amide bonds. The SMILES string of the molecule is CCC(Oc1ccc2c(c1)C(c1ccccc1)N(C(=O)c1ccccc1)CC2)C(=O)N(C)CC. The van der Waals surface area contributed by atoms with Crippen molar-refractivity contribution in [2.45, 2.75) is 38.8 Å². The molecule has 2 unspecified atom stereocenters. The van der Waals surface area contributed by atoms with Crippen molar-refractivity contribution in [2.75, 3.05) is 20.1 Å². The molecule has 5 nitrogen and oxygen atoms in total. The molecule has 4 rings (SSSR count). The van der Waals surface area contributed by atoms with Crippen LogP contribution in [0.25, 0.3) is 0 Å². The zero-order chi connectivity index (χ0) is 24.1. The molecule has 0 N–H and O–H groups in total. The van der Waals surface area contributed by atoms with Crippen LogP contribution in [0.15, 0.2) is 78.9 Å². The molecule has 0 saturated heterocycles. The Bertz CT molecular complexity index is 1130. The summed E-state index contributed by atoms with van der Waals surface area (Å²) in [4.78, 5) is 29.9. The number of carbonyl (C=O) groups excluding carboxylic acids is 2. The van der Waals surface area contributed by atoms with Crippen LogP contribution in [0.1, 0.15) is 53.4 Å². The zero-order valence-corrected chi connectivity index (χ0v) is 20.1. The van der Waals surface area contributed by atoms with Gasteiger partial charge in [-0.3, -0.25) is 9.59 Å². The number of carbonyl (C=O) groups is 2. The number of rotatable bonds is 7. The summed E-state index contributed by atoms with van der Waals surface area (Å²) >= 11 is 0. The lowest BCUT2D eigenvalue weighted by Crippen LogP contribution is -2.41. The molecular formula is C29H32N2O3. The van der Waals surface area contributed by atoms with Gasteiger partial charge < -0.3 is 14.5 Å². The third kappa shape index (κ3) is 4.84. The van der Waals surface area contributed by atoms with Gasteiger partial charge in [-0.2, -0.15) is 0 Å². The van der Waals surface area contributed by atoms with Gasteiger partial charge in [0.05, 0.1) is 6.04 Å². The molecule has 0 bridgehead atoms. The highest BCUT2D eigenvalue weighted by Gasteiger charge is 2.33. The predicted molar refractivity (Wildman–Crippen MR) is 134 cm³/mol. The number of nitrogens with zero attached hydrogens (tertiary/aromatic N) is 2. The van der Waals surface area contributed by atoms with Crippen molar-refractivity contribution < 1.29 is 14.3 Å². The van der Waals surface area contributed by atoms with Crippen LogP contribution in [0.3, 0.4) is 0 Å². The lowest BCUT2D eigenvalue weighted by molar-refractivity contribution is -0.137. The van der Waals surface area contributed by atoms with Crippen molar-refractivity contribution in [3.8, 4) is 5.75 Å².